The molecule has 0 unspecified atom stereocenters. The normalized spacial score (nSPS) is 22.8. The zero-order valence-corrected chi connectivity index (χ0v) is 12.3. The van der Waals surface area contributed by atoms with E-state index in [1.165, 1.54) is 19.4 Å². The second kappa shape index (κ2) is 6.73. The van der Waals surface area contributed by atoms with Crippen LogP contribution in [0.4, 0.5) is 0 Å². The average Bonchev–Trinajstić information content (AvgIpc) is 3.12. The minimum absolute atomic E-state index is 0. The van der Waals surface area contributed by atoms with Gasteiger partial charge in [0.15, 0.2) is 0 Å². The van der Waals surface area contributed by atoms with Crippen molar-refractivity contribution in [3.05, 3.63) is 0 Å². The van der Waals surface area contributed by atoms with Crippen LogP contribution in [0, 0.1) is 11.8 Å². The fourth-order valence-electron chi connectivity index (χ4n) is 2.31. The number of piperazine rings is 1. The van der Waals surface area contributed by atoms with Gasteiger partial charge in [-0.3, -0.25) is 9.69 Å². The lowest BCUT2D eigenvalue weighted by atomic mass is 10.0. The molecule has 0 aromatic heterocycles. The van der Waals surface area contributed by atoms with Gasteiger partial charge in [-0.25, -0.2) is 0 Å². The minimum Gasteiger partial charge on any atom is -0.339 e. The van der Waals surface area contributed by atoms with E-state index in [0.717, 1.165) is 32.1 Å². The molecule has 106 valence electrons. The van der Waals surface area contributed by atoms with Crippen LogP contribution in [0.2, 0.25) is 0 Å². The monoisotopic (exact) mass is 275 g/mol. The Balaban J connectivity index is 0.00000162. The fourth-order valence-corrected chi connectivity index (χ4v) is 2.31. The van der Waals surface area contributed by atoms with Crippen molar-refractivity contribution in [2.24, 2.45) is 17.6 Å². The first kappa shape index (κ1) is 15.7. The molecule has 1 saturated carbocycles. The Morgan fingerprint density at radius 1 is 1.22 bits per heavy atom. The molecule has 1 aliphatic carbocycles. The molecular weight excluding hydrogens is 250 g/mol. The van der Waals surface area contributed by atoms with E-state index in [9.17, 15) is 4.79 Å². The zero-order chi connectivity index (χ0) is 12.4. The average molecular weight is 276 g/mol. The summed E-state index contributed by atoms with van der Waals surface area (Å²) in [5, 5.41) is 0. The van der Waals surface area contributed by atoms with E-state index in [2.05, 4.69) is 4.90 Å². The topological polar surface area (TPSA) is 49.6 Å². The van der Waals surface area contributed by atoms with Crippen LogP contribution in [-0.2, 0) is 4.79 Å². The zero-order valence-electron chi connectivity index (χ0n) is 11.5. The largest absolute Gasteiger partial charge is 0.339 e. The molecule has 0 aromatic rings. The van der Waals surface area contributed by atoms with Crippen LogP contribution in [0.1, 0.15) is 26.7 Å². The third kappa shape index (κ3) is 4.11. The van der Waals surface area contributed by atoms with Crippen molar-refractivity contribution in [1.82, 2.24) is 9.80 Å². The Morgan fingerprint density at radius 2 is 1.78 bits per heavy atom. The molecule has 2 aliphatic rings. The highest BCUT2D eigenvalue weighted by atomic mass is 35.5. The van der Waals surface area contributed by atoms with Crippen LogP contribution >= 0.6 is 12.4 Å². The van der Waals surface area contributed by atoms with Gasteiger partial charge in [-0.2, -0.15) is 0 Å². The van der Waals surface area contributed by atoms with E-state index in [4.69, 9.17) is 5.73 Å². The molecule has 5 heteroatoms. The molecule has 1 aliphatic heterocycles. The predicted molar refractivity (Wildman–Crippen MR) is 75.8 cm³/mol. The lowest BCUT2D eigenvalue weighted by molar-refractivity contribution is -0.135. The molecule has 1 atom stereocenters. The van der Waals surface area contributed by atoms with Gasteiger partial charge < -0.3 is 10.6 Å². The standard InChI is InChI=1S/C13H25N3O.ClH/c1-10(2)12(14)13(17)16-7-5-15(6-8-16)9-11-3-4-11;/h10-12H,3-9,14H2,1-2H3;1H/t12-;/m0./s1. The van der Waals surface area contributed by atoms with Gasteiger partial charge in [-0.15, -0.1) is 12.4 Å². The molecule has 0 spiro atoms. The Bertz CT molecular complexity index is 273. The number of carbonyl (C=O) groups is 1. The molecule has 2 fully saturated rings. The number of hydrogen-bond acceptors (Lipinski definition) is 3. The highest BCUT2D eigenvalue weighted by Gasteiger charge is 2.29. The first-order valence-electron chi connectivity index (χ1n) is 6.84. The maximum absolute atomic E-state index is 12.1. The summed E-state index contributed by atoms with van der Waals surface area (Å²) in [6.07, 6.45) is 2.80. The second-order valence-corrected chi connectivity index (χ2v) is 5.84. The Morgan fingerprint density at radius 3 is 2.22 bits per heavy atom. The third-order valence-corrected chi connectivity index (χ3v) is 3.90. The molecule has 1 heterocycles. The molecule has 2 rings (SSSR count). The van der Waals surface area contributed by atoms with E-state index >= 15 is 0 Å². The number of halogens is 1. The molecule has 0 bridgehead atoms. The molecule has 4 nitrogen and oxygen atoms in total. The SMILES string of the molecule is CC(C)[C@H](N)C(=O)N1CCN(CC2CC2)CC1.Cl. The maximum Gasteiger partial charge on any atom is 0.239 e. The van der Waals surface area contributed by atoms with Crippen molar-refractivity contribution >= 4 is 18.3 Å². The quantitative estimate of drug-likeness (QED) is 0.831. The maximum atomic E-state index is 12.1. The van der Waals surface area contributed by atoms with Gasteiger partial charge in [-0.05, 0) is 24.7 Å². The predicted octanol–water partition coefficient (Wildman–Crippen LogP) is 0.946. The van der Waals surface area contributed by atoms with Gasteiger partial charge >= 0.3 is 0 Å². The Hall–Kier alpha value is -0.320. The summed E-state index contributed by atoms with van der Waals surface area (Å²) >= 11 is 0. The molecule has 1 saturated heterocycles. The summed E-state index contributed by atoms with van der Waals surface area (Å²) < 4.78 is 0. The van der Waals surface area contributed by atoms with Crippen LogP contribution in [0.5, 0.6) is 0 Å². The molecule has 0 aromatic carbocycles. The summed E-state index contributed by atoms with van der Waals surface area (Å²) in [4.78, 5) is 16.5. The second-order valence-electron chi connectivity index (χ2n) is 5.84. The number of carbonyl (C=O) groups excluding carboxylic acids is 1. The summed E-state index contributed by atoms with van der Waals surface area (Å²) in [5.74, 6) is 1.30. The van der Waals surface area contributed by atoms with Crippen molar-refractivity contribution in [3.8, 4) is 0 Å². The lowest BCUT2D eigenvalue weighted by Gasteiger charge is -2.36. The van der Waals surface area contributed by atoms with Crippen LogP contribution in [0.3, 0.4) is 0 Å². The lowest BCUT2D eigenvalue weighted by Crippen LogP contribution is -2.54. The van der Waals surface area contributed by atoms with Gasteiger partial charge in [0, 0.05) is 32.7 Å². The molecule has 2 N–H and O–H groups in total. The smallest absolute Gasteiger partial charge is 0.239 e. The third-order valence-electron chi connectivity index (χ3n) is 3.90. The van der Waals surface area contributed by atoms with Gasteiger partial charge in [0.05, 0.1) is 6.04 Å². The highest BCUT2D eigenvalue weighted by Crippen LogP contribution is 2.29. The molecule has 0 radical (unpaired) electrons. The first-order chi connectivity index (χ1) is 8.08. The van der Waals surface area contributed by atoms with E-state index < -0.39 is 0 Å². The van der Waals surface area contributed by atoms with Gasteiger partial charge in [0.25, 0.3) is 0 Å². The molecule has 18 heavy (non-hydrogen) atoms. The van der Waals surface area contributed by atoms with Gasteiger partial charge in [0.1, 0.15) is 0 Å². The Labute approximate surface area is 116 Å². The number of nitrogens with two attached hydrogens (primary N) is 1. The number of hydrogen-bond donors (Lipinski definition) is 1. The molecule has 1 amide bonds. The highest BCUT2D eigenvalue weighted by molar-refractivity contribution is 5.85. The molecular formula is C13H26ClN3O. The number of nitrogens with zero attached hydrogens (tertiary/aromatic N) is 2. The summed E-state index contributed by atoms with van der Waals surface area (Å²) in [6, 6.07) is -0.329. The van der Waals surface area contributed by atoms with Gasteiger partial charge in [-0.1, -0.05) is 13.8 Å². The fraction of sp³-hybridized carbons (Fsp3) is 0.923. The van der Waals surface area contributed by atoms with Crippen LogP contribution in [0.15, 0.2) is 0 Å². The summed E-state index contributed by atoms with van der Waals surface area (Å²) in [7, 11) is 0. The van der Waals surface area contributed by atoms with Crippen molar-refractivity contribution in [1.29, 1.82) is 0 Å². The summed E-state index contributed by atoms with van der Waals surface area (Å²) in [6.45, 7) is 8.99. The van der Waals surface area contributed by atoms with Crippen LogP contribution in [0.25, 0.3) is 0 Å². The minimum atomic E-state index is -0.329. The van der Waals surface area contributed by atoms with Crippen molar-refractivity contribution in [3.63, 3.8) is 0 Å². The van der Waals surface area contributed by atoms with Gasteiger partial charge in [0.2, 0.25) is 5.91 Å². The van der Waals surface area contributed by atoms with E-state index in [-0.39, 0.29) is 30.3 Å². The van der Waals surface area contributed by atoms with Crippen molar-refractivity contribution in [2.45, 2.75) is 32.7 Å². The summed E-state index contributed by atoms with van der Waals surface area (Å²) in [5.41, 5.74) is 5.91. The van der Waals surface area contributed by atoms with Crippen LogP contribution < -0.4 is 5.73 Å². The number of rotatable bonds is 4. The number of amides is 1. The first-order valence-corrected chi connectivity index (χ1v) is 6.84. The Kier molecular flexibility index (Phi) is 5.89. The van der Waals surface area contributed by atoms with E-state index in [0.29, 0.717) is 0 Å². The van der Waals surface area contributed by atoms with Crippen LogP contribution in [-0.4, -0.2) is 54.5 Å². The van der Waals surface area contributed by atoms with Crippen molar-refractivity contribution in [2.75, 3.05) is 32.7 Å². The van der Waals surface area contributed by atoms with E-state index in [1.807, 2.05) is 18.7 Å². The van der Waals surface area contributed by atoms with E-state index in [1.54, 1.807) is 0 Å². The van der Waals surface area contributed by atoms with Crippen molar-refractivity contribution < 1.29 is 4.79 Å².